The zero-order chi connectivity index (χ0) is 32.0. The molecule has 0 saturated heterocycles. The average molecular weight is 597 g/mol. The van der Waals surface area contributed by atoms with Gasteiger partial charge in [-0.05, 0) is 0 Å². The summed E-state index contributed by atoms with van der Waals surface area (Å²) in [5.41, 5.74) is -2.92. The van der Waals surface area contributed by atoms with Crippen LogP contribution in [0.3, 0.4) is 0 Å². The van der Waals surface area contributed by atoms with Gasteiger partial charge >= 0.3 is 35.8 Å². The number of carbonyl (C=O) groups excluding carboxylic acids is 6. The van der Waals surface area contributed by atoms with Crippen molar-refractivity contribution < 1.29 is 67.4 Å². The molecule has 0 spiro atoms. The van der Waals surface area contributed by atoms with E-state index in [0.29, 0.717) is 0 Å². The van der Waals surface area contributed by atoms with Crippen molar-refractivity contribution >= 4 is 35.8 Å². The summed E-state index contributed by atoms with van der Waals surface area (Å²) in [6, 6.07) is 0. The van der Waals surface area contributed by atoms with Crippen molar-refractivity contribution in [3.8, 4) is 0 Å². The highest BCUT2D eigenvalue weighted by atomic mass is 16.6. The van der Waals surface area contributed by atoms with Gasteiger partial charge in [-0.2, -0.15) is 0 Å². The molecule has 0 aromatic carbocycles. The highest BCUT2D eigenvalue weighted by Gasteiger charge is 2.36. The summed E-state index contributed by atoms with van der Waals surface area (Å²) in [4.78, 5) is 70.1. The molecule has 0 amide bonds. The zero-order valence-corrected chi connectivity index (χ0v) is 23.2. The molecule has 0 aromatic rings. The Bertz CT molecular complexity index is 898. The lowest BCUT2D eigenvalue weighted by molar-refractivity contribution is -0.163. The van der Waals surface area contributed by atoms with E-state index in [1.807, 2.05) is 0 Å². The summed E-state index contributed by atoms with van der Waals surface area (Å²) < 4.78 is 30.0. The number of aliphatic hydroxyl groups is 2. The third-order valence-electron chi connectivity index (χ3n) is 5.23. The second-order valence-corrected chi connectivity index (χ2v) is 8.76. The van der Waals surface area contributed by atoms with Crippen molar-refractivity contribution in [1.29, 1.82) is 0 Å². The smallest absolute Gasteiger partial charge is 0.330 e. The van der Waals surface area contributed by atoms with E-state index >= 15 is 0 Å². The molecule has 0 aliphatic rings. The molecule has 0 rings (SSSR count). The highest BCUT2D eigenvalue weighted by Crippen LogP contribution is 2.21. The highest BCUT2D eigenvalue weighted by molar-refractivity contribution is 5.82. The van der Waals surface area contributed by atoms with Gasteiger partial charge in [0, 0.05) is 24.3 Å². The lowest BCUT2D eigenvalue weighted by Gasteiger charge is -2.29. The Kier molecular flexibility index (Phi) is 18.1. The molecular weight excluding hydrogens is 560 g/mol. The minimum atomic E-state index is -1.46. The average Bonchev–Trinajstić information content (AvgIpc) is 3.01. The molecule has 14 heteroatoms. The number of rotatable bonds is 22. The van der Waals surface area contributed by atoms with E-state index in [4.69, 9.17) is 28.4 Å². The molecule has 0 heterocycles. The maximum absolute atomic E-state index is 12.2. The van der Waals surface area contributed by atoms with E-state index in [9.17, 15) is 39.0 Å². The quantitative estimate of drug-likeness (QED) is 0.0748. The number of hydrogen-bond acceptors (Lipinski definition) is 14. The third kappa shape index (κ3) is 15.3. The molecule has 0 aromatic heterocycles. The van der Waals surface area contributed by atoms with Gasteiger partial charge in [-0.15, -0.1) is 0 Å². The van der Waals surface area contributed by atoms with Crippen LogP contribution in [0.5, 0.6) is 0 Å². The van der Waals surface area contributed by atoms with Gasteiger partial charge in [0.15, 0.2) is 0 Å². The van der Waals surface area contributed by atoms with Crippen LogP contribution in [0.2, 0.25) is 0 Å². The maximum atomic E-state index is 12.2. The van der Waals surface area contributed by atoms with Crippen LogP contribution in [0.4, 0.5) is 0 Å². The Labute approximate surface area is 242 Å². The second-order valence-electron chi connectivity index (χ2n) is 8.76. The van der Waals surface area contributed by atoms with E-state index in [0.717, 1.165) is 24.3 Å². The van der Waals surface area contributed by atoms with E-state index in [-0.39, 0.29) is 12.8 Å². The second kappa shape index (κ2) is 20.3. The molecule has 14 nitrogen and oxygen atoms in total. The lowest BCUT2D eigenvalue weighted by Crippen LogP contribution is -2.42. The summed E-state index contributed by atoms with van der Waals surface area (Å²) in [6.45, 7) is 8.87. The number of esters is 6. The summed E-state index contributed by atoms with van der Waals surface area (Å²) in [5, 5.41) is 19.7. The van der Waals surface area contributed by atoms with Crippen LogP contribution in [0.1, 0.15) is 12.8 Å². The summed E-state index contributed by atoms with van der Waals surface area (Å²) in [7, 11) is 0. The van der Waals surface area contributed by atoms with Crippen molar-refractivity contribution in [2.75, 3.05) is 52.9 Å². The molecule has 0 fully saturated rings. The summed E-state index contributed by atoms with van der Waals surface area (Å²) in [5.74, 6) is -4.80. The Balaban J connectivity index is 5.02. The molecular formula is C28H36O14. The van der Waals surface area contributed by atoms with Gasteiger partial charge in [-0.1, -0.05) is 38.5 Å². The number of hydrogen-bond donors (Lipinski definition) is 2. The Morgan fingerprint density at radius 2 is 0.714 bits per heavy atom. The molecule has 0 aliphatic carbocycles. The minimum Gasteiger partial charge on any atom is -0.464 e. The van der Waals surface area contributed by atoms with Crippen molar-refractivity contribution in [2.45, 2.75) is 12.8 Å². The van der Waals surface area contributed by atoms with E-state index in [1.54, 1.807) is 0 Å². The number of aliphatic hydroxyl groups excluding tert-OH is 2. The molecule has 0 radical (unpaired) electrons. The molecule has 232 valence electrons. The zero-order valence-electron chi connectivity index (χ0n) is 23.2. The predicted octanol–water partition coefficient (Wildman–Crippen LogP) is 0.283. The van der Waals surface area contributed by atoms with E-state index in [1.165, 1.54) is 12.2 Å². The normalized spacial score (nSPS) is 11.0. The first-order chi connectivity index (χ1) is 19.9. The van der Waals surface area contributed by atoms with Crippen LogP contribution >= 0.6 is 0 Å². The van der Waals surface area contributed by atoms with Crippen molar-refractivity contribution in [3.05, 3.63) is 62.8 Å². The molecule has 0 saturated carbocycles. The molecule has 0 bridgehead atoms. The molecule has 0 aliphatic heterocycles. The van der Waals surface area contributed by atoms with Crippen LogP contribution in [0.25, 0.3) is 0 Å². The van der Waals surface area contributed by atoms with Crippen LogP contribution in [0.15, 0.2) is 62.8 Å². The lowest BCUT2D eigenvalue weighted by atomic mass is 9.92. The largest absolute Gasteiger partial charge is 0.464 e. The number of ether oxygens (including phenoxy) is 6. The summed E-state index contributed by atoms with van der Waals surface area (Å²) in [6.07, 6.45) is 5.55. The Morgan fingerprint density at radius 3 is 0.929 bits per heavy atom. The standard InChI is InChI=1S/C28H36O14/c1-5-21(31)37-15-27(13-29,16-38-22(32)6-2)19-41-25(35)11-9-10-12-26(36)42-20-28(14-30,17-39-23(33)7-3)18-40-24(34)8-4/h5-10,29-30H,1-4,11-20H2/b10-9+. The van der Waals surface area contributed by atoms with Crippen molar-refractivity contribution in [1.82, 2.24) is 0 Å². The van der Waals surface area contributed by atoms with Gasteiger partial charge in [-0.3, -0.25) is 9.59 Å². The van der Waals surface area contributed by atoms with Gasteiger partial charge in [0.1, 0.15) is 39.6 Å². The van der Waals surface area contributed by atoms with Crippen LogP contribution in [-0.2, 0) is 57.2 Å². The van der Waals surface area contributed by atoms with Crippen LogP contribution in [-0.4, -0.2) is 98.9 Å². The van der Waals surface area contributed by atoms with Crippen molar-refractivity contribution in [2.24, 2.45) is 10.8 Å². The van der Waals surface area contributed by atoms with E-state index in [2.05, 4.69) is 26.3 Å². The molecule has 0 unspecified atom stereocenters. The van der Waals surface area contributed by atoms with Gasteiger partial charge in [-0.25, -0.2) is 19.2 Å². The first-order valence-electron chi connectivity index (χ1n) is 12.3. The van der Waals surface area contributed by atoms with Crippen LogP contribution < -0.4 is 0 Å². The monoisotopic (exact) mass is 596 g/mol. The first kappa shape index (κ1) is 37.4. The SMILES string of the molecule is C=CC(=O)OCC(CO)(COC(=O)C=C)COC(=O)C/C=C/CC(=O)OCC(CO)(COC(=O)C=C)COC(=O)C=C. The fourth-order valence-electron chi connectivity index (χ4n) is 2.60. The third-order valence-corrected chi connectivity index (χ3v) is 5.23. The maximum Gasteiger partial charge on any atom is 0.330 e. The predicted molar refractivity (Wildman–Crippen MR) is 144 cm³/mol. The fourth-order valence-corrected chi connectivity index (χ4v) is 2.60. The van der Waals surface area contributed by atoms with Gasteiger partial charge in [0.05, 0.1) is 36.9 Å². The van der Waals surface area contributed by atoms with Gasteiger partial charge in [0.25, 0.3) is 0 Å². The van der Waals surface area contributed by atoms with Crippen molar-refractivity contribution in [3.63, 3.8) is 0 Å². The van der Waals surface area contributed by atoms with E-state index < -0.39 is 99.5 Å². The minimum absolute atomic E-state index is 0.302. The Morgan fingerprint density at radius 1 is 0.476 bits per heavy atom. The number of carbonyl (C=O) groups is 6. The fraction of sp³-hybridized carbons (Fsp3) is 0.429. The van der Waals surface area contributed by atoms with Crippen LogP contribution in [0, 0.1) is 10.8 Å². The molecule has 42 heavy (non-hydrogen) atoms. The molecule has 2 N–H and O–H groups in total. The van der Waals surface area contributed by atoms with Gasteiger partial charge in [0.2, 0.25) is 0 Å². The summed E-state index contributed by atoms with van der Waals surface area (Å²) >= 11 is 0. The molecule has 0 atom stereocenters. The Hall–Kier alpha value is -4.56. The first-order valence-corrected chi connectivity index (χ1v) is 12.3. The van der Waals surface area contributed by atoms with Gasteiger partial charge < -0.3 is 38.6 Å². The topological polar surface area (TPSA) is 198 Å².